The predicted octanol–water partition coefficient (Wildman–Crippen LogP) is 3.66. The first-order chi connectivity index (χ1) is 8.93. The Morgan fingerprint density at radius 1 is 1.16 bits per heavy atom. The molecule has 1 rings (SSSR count). The van der Waals surface area contributed by atoms with Crippen molar-refractivity contribution in [2.75, 3.05) is 13.1 Å². The highest BCUT2D eigenvalue weighted by Crippen LogP contribution is 2.11. The lowest BCUT2D eigenvalue weighted by molar-refractivity contribution is 0.0955. The van der Waals surface area contributed by atoms with E-state index in [0.29, 0.717) is 12.6 Å². The summed E-state index contributed by atoms with van der Waals surface area (Å²) >= 11 is 0. The van der Waals surface area contributed by atoms with Crippen LogP contribution in [0.2, 0.25) is 0 Å². The molecular formula is C15H21F2NO. The van der Waals surface area contributed by atoms with Gasteiger partial charge in [-0.2, -0.15) is 0 Å². The number of Topliss-reactive ketones (excluding diaryl/α,β-unsaturated/α-hetero) is 1. The third-order valence-corrected chi connectivity index (χ3v) is 3.05. The molecule has 1 aromatic carbocycles. The highest BCUT2D eigenvalue weighted by Gasteiger charge is 2.13. The fraction of sp³-hybridized carbons (Fsp3) is 0.533. The van der Waals surface area contributed by atoms with Gasteiger partial charge in [-0.1, -0.05) is 6.92 Å². The molecule has 1 aromatic rings. The van der Waals surface area contributed by atoms with Crippen LogP contribution in [0.15, 0.2) is 18.2 Å². The van der Waals surface area contributed by atoms with Gasteiger partial charge in [-0.05, 0) is 38.9 Å². The Hall–Kier alpha value is -1.29. The fourth-order valence-electron chi connectivity index (χ4n) is 2.02. The van der Waals surface area contributed by atoms with E-state index >= 15 is 0 Å². The van der Waals surface area contributed by atoms with E-state index in [9.17, 15) is 13.6 Å². The molecule has 19 heavy (non-hydrogen) atoms. The maximum Gasteiger partial charge on any atom is 0.164 e. The van der Waals surface area contributed by atoms with E-state index in [2.05, 4.69) is 25.7 Å². The summed E-state index contributed by atoms with van der Waals surface area (Å²) in [6.45, 7) is 7.76. The van der Waals surface area contributed by atoms with Gasteiger partial charge in [0.15, 0.2) is 5.78 Å². The van der Waals surface area contributed by atoms with Gasteiger partial charge in [-0.25, -0.2) is 8.78 Å². The molecule has 0 heterocycles. The number of halogens is 2. The standard InChI is InChI=1S/C15H21F2NO/c1-4-6-18(11(2)3)7-5-15(19)12-8-13(16)10-14(17)9-12/h8-11H,4-7H2,1-3H3. The van der Waals surface area contributed by atoms with E-state index in [0.717, 1.165) is 31.2 Å². The third kappa shape index (κ3) is 5.07. The molecule has 0 aliphatic heterocycles. The molecule has 0 aliphatic carbocycles. The largest absolute Gasteiger partial charge is 0.300 e. The zero-order valence-corrected chi connectivity index (χ0v) is 11.7. The Kier molecular flexibility index (Phi) is 6.09. The number of rotatable bonds is 7. The van der Waals surface area contributed by atoms with E-state index in [-0.39, 0.29) is 17.8 Å². The second kappa shape index (κ2) is 7.34. The van der Waals surface area contributed by atoms with Crippen molar-refractivity contribution in [3.63, 3.8) is 0 Å². The minimum atomic E-state index is -0.711. The van der Waals surface area contributed by atoms with Gasteiger partial charge < -0.3 is 4.90 Å². The highest BCUT2D eigenvalue weighted by molar-refractivity contribution is 5.96. The third-order valence-electron chi connectivity index (χ3n) is 3.05. The van der Waals surface area contributed by atoms with Gasteiger partial charge in [0.2, 0.25) is 0 Å². The van der Waals surface area contributed by atoms with Crippen LogP contribution >= 0.6 is 0 Å². The van der Waals surface area contributed by atoms with Crippen molar-refractivity contribution < 1.29 is 13.6 Å². The molecule has 106 valence electrons. The van der Waals surface area contributed by atoms with E-state index < -0.39 is 11.6 Å². The first kappa shape index (κ1) is 15.8. The molecular weight excluding hydrogens is 248 g/mol. The average Bonchev–Trinajstić information content (AvgIpc) is 2.32. The monoisotopic (exact) mass is 269 g/mol. The summed E-state index contributed by atoms with van der Waals surface area (Å²) < 4.78 is 26.1. The zero-order chi connectivity index (χ0) is 14.4. The minimum Gasteiger partial charge on any atom is -0.300 e. The van der Waals surface area contributed by atoms with Gasteiger partial charge in [0, 0.05) is 30.6 Å². The first-order valence-electron chi connectivity index (χ1n) is 6.67. The van der Waals surface area contributed by atoms with Crippen LogP contribution in [0.1, 0.15) is 44.0 Å². The molecule has 0 unspecified atom stereocenters. The lowest BCUT2D eigenvalue weighted by Crippen LogP contribution is -2.33. The maximum absolute atomic E-state index is 13.0. The van der Waals surface area contributed by atoms with Crippen molar-refractivity contribution in [3.05, 3.63) is 35.4 Å². The van der Waals surface area contributed by atoms with Crippen LogP contribution in [0.5, 0.6) is 0 Å². The Bertz CT molecular complexity index is 412. The molecule has 0 radical (unpaired) electrons. The second-order valence-corrected chi connectivity index (χ2v) is 4.96. The normalized spacial score (nSPS) is 11.3. The van der Waals surface area contributed by atoms with Crippen LogP contribution in [0.3, 0.4) is 0 Å². The Labute approximate surface area is 113 Å². The molecule has 0 N–H and O–H groups in total. The van der Waals surface area contributed by atoms with Crippen molar-refractivity contribution in [2.24, 2.45) is 0 Å². The Balaban J connectivity index is 2.63. The van der Waals surface area contributed by atoms with Gasteiger partial charge >= 0.3 is 0 Å². The number of carbonyl (C=O) groups is 1. The molecule has 0 saturated carbocycles. The molecule has 0 aromatic heterocycles. The summed E-state index contributed by atoms with van der Waals surface area (Å²) in [6, 6.07) is 3.31. The van der Waals surface area contributed by atoms with Gasteiger partial charge in [0.05, 0.1) is 0 Å². The molecule has 0 spiro atoms. The van der Waals surface area contributed by atoms with Gasteiger partial charge in [-0.15, -0.1) is 0 Å². The molecule has 0 amide bonds. The van der Waals surface area contributed by atoms with Crippen molar-refractivity contribution >= 4 is 5.78 Å². The fourth-order valence-corrected chi connectivity index (χ4v) is 2.02. The van der Waals surface area contributed by atoms with Crippen LogP contribution in [0.25, 0.3) is 0 Å². The lowest BCUT2D eigenvalue weighted by Gasteiger charge is -2.25. The van der Waals surface area contributed by atoms with E-state index in [1.807, 2.05) is 0 Å². The molecule has 0 aliphatic rings. The summed E-state index contributed by atoms with van der Waals surface area (Å²) in [5, 5.41) is 0. The number of hydrogen-bond acceptors (Lipinski definition) is 2. The summed E-state index contributed by atoms with van der Waals surface area (Å²) in [7, 11) is 0. The highest BCUT2D eigenvalue weighted by atomic mass is 19.1. The summed E-state index contributed by atoms with van der Waals surface area (Å²) in [4.78, 5) is 14.1. The average molecular weight is 269 g/mol. The topological polar surface area (TPSA) is 20.3 Å². The van der Waals surface area contributed by atoms with Crippen molar-refractivity contribution in [1.82, 2.24) is 4.90 Å². The Morgan fingerprint density at radius 3 is 2.21 bits per heavy atom. The molecule has 0 fully saturated rings. The van der Waals surface area contributed by atoms with E-state index in [4.69, 9.17) is 0 Å². The minimum absolute atomic E-state index is 0.109. The molecule has 0 saturated heterocycles. The van der Waals surface area contributed by atoms with E-state index in [1.54, 1.807) is 0 Å². The number of benzene rings is 1. The van der Waals surface area contributed by atoms with Crippen molar-refractivity contribution in [3.8, 4) is 0 Å². The molecule has 0 atom stereocenters. The van der Waals surface area contributed by atoms with Gasteiger partial charge in [0.25, 0.3) is 0 Å². The number of ketones is 1. The van der Waals surface area contributed by atoms with Crippen molar-refractivity contribution in [1.29, 1.82) is 0 Å². The zero-order valence-electron chi connectivity index (χ0n) is 11.7. The molecule has 4 heteroatoms. The van der Waals surface area contributed by atoms with Crippen LogP contribution < -0.4 is 0 Å². The quantitative estimate of drug-likeness (QED) is 0.704. The van der Waals surface area contributed by atoms with Gasteiger partial charge in [0.1, 0.15) is 11.6 Å². The van der Waals surface area contributed by atoms with Gasteiger partial charge in [-0.3, -0.25) is 4.79 Å². The van der Waals surface area contributed by atoms with E-state index in [1.165, 1.54) is 0 Å². The maximum atomic E-state index is 13.0. The smallest absolute Gasteiger partial charge is 0.164 e. The van der Waals surface area contributed by atoms with Crippen LogP contribution in [0, 0.1) is 11.6 Å². The van der Waals surface area contributed by atoms with Crippen LogP contribution in [-0.2, 0) is 0 Å². The number of hydrogen-bond donors (Lipinski definition) is 0. The summed E-state index contributed by atoms with van der Waals surface area (Å²) in [6.07, 6.45) is 1.29. The summed E-state index contributed by atoms with van der Waals surface area (Å²) in [5.41, 5.74) is 0.109. The molecule has 2 nitrogen and oxygen atoms in total. The SMILES string of the molecule is CCCN(CCC(=O)c1cc(F)cc(F)c1)C(C)C. The van der Waals surface area contributed by atoms with Crippen LogP contribution in [0.4, 0.5) is 8.78 Å². The van der Waals surface area contributed by atoms with Crippen LogP contribution in [-0.4, -0.2) is 29.8 Å². The first-order valence-corrected chi connectivity index (χ1v) is 6.67. The predicted molar refractivity (Wildman–Crippen MR) is 72.3 cm³/mol. The number of nitrogens with zero attached hydrogens (tertiary/aromatic N) is 1. The number of carbonyl (C=O) groups excluding carboxylic acids is 1. The van der Waals surface area contributed by atoms with Crippen molar-refractivity contribution in [2.45, 2.75) is 39.7 Å². The summed E-state index contributed by atoms with van der Waals surface area (Å²) in [5.74, 6) is -1.64. The second-order valence-electron chi connectivity index (χ2n) is 4.96. The Morgan fingerprint density at radius 2 is 1.74 bits per heavy atom. The molecule has 0 bridgehead atoms. The lowest BCUT2D eigenvalue weighted by atomic mass is 10.1.